The number of hydrogen-bond donors (Lipinski definition) is 1. The second-order valence-corrected chi connectivity index (χ2v) is 4.84. The predicted molar refractivity (Wildman–Crippen MR) is 71.9 cm³/mol. The predicted octanol–water partition coefficient (Wildman–Crippen LogP) is 2.53. The maximum atomic E-state index is 11.7. The van der Waals surface area contributed by atoms with Crippen molar-refractivity contribution in [3.8, 4) is 0 Å². The SMILES string of the molecule is CC(C)COCCCNC(=O)c1ccncc1Cl. The zero-order valence-corrected chi connectivity index (χ0v) is 11.5. The van der Waals surface area contributed by atoms with E-state index in [-0.39, 0.29) is 5.91 Å². The Morgan fingerprint density at radius 3 is 3.00 bits per heavy atom. The summed E-state index contributed by atoms with van der Waals surface area (Å²) in [5, 5.41) is 3.16. The van der Waals surface area contributed by atoms with E-state index < -0.39 is 0 Å². The lowest BCUT2D eigenvalue weighted by Crippen LogP contribution is -2.25. The second-order valence-electron chi connectivity index (χ2n) is 4.43. The number of carbonyl (C=O) groups excluding carboxylic acids is 1. The molecule has 0 spiro atoms. The molecule has 0 saturated heterocycles. The van der Waals surface area contributed by atoms with Crippen molar-refractivity contribution in [1.82, 2.24) is 10.3 Å². The Kier molecular flexibility index (Phi) is 6.68. The van der Waals surface area contributed by atoms with Crippen LogP contribution in [0.1, 0.15) is 30.6 Å². The van der Waals surface area contributed by atoms with Gasteiger partial charge in [-0.3, -0.25) is 9.78 Å². The molecule has 0 fully saturated rings. The van der Waals surface area contributed by atoms with E-state index in [1.54, 1.807) is 12.3 Å². The molecule has 0 aromatic carbocycles. The van der Waals surface area contributed by atoms with Crippen molar-refractivity contribution in [2.45, 2.75) is 20.3 Å². The van der Waals surface area contributed by atoms with Crippen LogP contribution in [-0.4, -0.2) is 30.6 Å². The summed E-state index contributed by atoms with van der Waals surface area (Å²) in [5.74, 6) is 0.362. The molecule has 0 aliphatic carbocycles. The summed E-state index contributed by atoms with van der Waals surface area (Å²) in [7, 11) is 0. The van der Waals surface area contributed by atoms with Crippen LogP contribution in [0.4, 0.5) is 0 Å². The van der Waals surface area contributed by atoms with Crippen molar-refractivity contribution >= 4 is 17.5 Å². The summed E-state index contributed by atoms with van der Waals surface area (Å²) in [4.78, 5) is 15.6. The van der Waals surface area contributed by atoms with Crippen LogP contribution < -0.4 is 5.32 Å². The molecule has 1 heterocycles. The molecule has 0 radical (unpaired) electrons. The van der Waals surface area contributed by atoms with Gasteiger partial charge in [0.1, 0.15) is 0 Å². The molecule has 0 unspecified atom stereocenters. The third-order valence-corrected chi connectivity index (χ3v) is 2.52. The van der Waals surface area contributed by atoms with E-state index in [2.05, 4.69) is 24.1 Å². The van der Waals surface area contributed by atoms with E-state index >= 15 is 0 Å². The minimum atomic E-state index is -0.175. The van der Waals surface area contributed by atoms with E-state index in [0.29, 0.717) is 29.7 Å². The zero-order chi connectivity index (χ0) is 13.4. The molecule has 4 nitrogen and oxygen atoms in total. The van der Waals surface area contributed by atoms with Gasteiger partial charge in [0.15, 0.2) is 0 Å². The van der Waals surface area contributed by atoms with Crippen LogP contribution in [0.2, 0.25) is 5.02 Å². The van der Waals surface area contributed by atoms with Crippen molar-refractivity contribution < 1.29 is 9.53 Å². The number of ether oxygens (including phenoxy) is 1. The molecule has 18 heavy (non-hydrogen) atoms. The molecule has 100 valence electrons. The third-order valence-electron chi connectivity index (χ3n) is 2.22. The van der Waals surface area contributed by atoms with Crippen molar-refractivity contribution in [2.75, 3.05) is 19.8 Å². The van der Waals surface area contributed by atoms with Crippen molar-refractivity contribution in [2.24, 2.45) is 5.92 Å². The van der Waals surface area contributed by atoms with Gasteiger partial charge in [-0.2, -0.15) is 0 Å². The van der Waals surface area contributed by atoms with Crippen LogP contribution in [0, 0.1) is 5.92 Å². The van der Waals surface area contributed by atoms with Crippen molar-refractivity contribution in [1.29, 1.82) is 0 Å². The Morgan fingerprint density at radius 1 is 1.56 bits per heavy atom. The topological polar surface area (TPSA) is 51.2 Å². The Hall–Kier alpha value is -1.13. The Balaban J connectivity index is 2.20. The van der Waals surface area contributed by atoms with Crippen LogP contribution in [0.5, 0.6) is 0 Å². The summed E-state index contributed by atoms with van der Waals surface area (Å²) in [6.07, 6.45) is 3.80. The summed E-state index contributed by atoms with van der Waals surface area (Å²) in [6.45, 7) is 6.20. The number of hydrogen-bond acceptors (Lipinski definition) is 3. The standard InChI is InChI=1S/C13H19ClN2O2/c1-10(2)9-18-7-3-5-16-13(17)11-4-6-15-8-12(11)14/h4,6,8,10H,3,5,7,9H2,1-2H3,(H,16,17). The average Bonchev–Trinajstić information content (AvgIpc) is 2.33. The number of aromatic nitrogens is 1. The highest BCUT2D eigenvalue weighted by atomic mass is 35.5. The molecule has 5 heteroatoms. The smallest absolute Gasteiger partial charge is 0.252 e. The molecular weight excluding hydrogens is 252 g/mol. The minimum absolute atomic E-state index is 0.175. The maximum Gasteiger partial charge on any atom is 0.252 e. The van der Waals surface area contributed by atoms with E-state index in [1.807, 2.05) is 0 Å². The first-order valence-corrected chi connectivity index (χ1v) is 6.44. The first-order valence-electron chi connectivity index (χ1n) is 6.06. The van der Waals surface area contributed by atoms with Gasteiger partial charge < -0.3 is 10.1 Å². The van der Waals surface area contributed by atoms with E-state index in [4.69, 9.17) is 16.3 Å². The summed E-state index contributed by atoms with van der Waals surface area (Å²) < 4.78 is 5.42. The van der Waals surface area contributed by atoms with E-state index in [0.717, 1.165) is 13.0 Å². The fraction of sp³-hybridized carbons (Fsp3) is 0.538. The van der Waals surface area contributed by atoms with Crippen LogP contribution in [0.25, 0.3) is 0 Å². The molecule has 1 aromatic heterocycles. The molecule has 0 bridgehead atoms. The summed E-state index contributed by atoms with van der Waals surface area (Å²) >= 11 is 5.87. The van der Waals surface area contributed by atoms with Crippen molar-refractivity contribution in [3.05, 3.63) is 29.0 Å². The van der Waals surface area contributed by atoms with Crippen molar-refractivity contribution in [3.63, 3.8) is 0 Å². The number of pyridine rings is 1. The summed E-state index contributed by atoms with van der Waals surface area (Å²) in [6, 6.07) is 1.60. The van der Waals surface area contributed by atoms with Gasteiger partial charge in [-0.15, -0.1) is 0 Å². The van der Waals surface area contributed by atoms with Crippen LogP contribution in [0.3, 0.4) is 0 Å². The Bertz CT molecular complexity index is 383. The first kappa shape index (κ1) is 14.9. The van der Waals surface area contributed by atoms with Gasteiger partial charge in [-0.1, -0.05) is 25.4 Å². The molecule has 1 rings (SSSR count). The Labute approximate surface area is 113 Å². The van der Waals surface area contributed by atoms with Crippen LogP contribution in [0.15, 0.2) is 18.5 Å². The number of nitrogens with one attached hydrogen (secondary N) is 1. The normalized spacial score (nSPS) is 10.7. The second kappa shape index (κ2) is 8.06. The number of amides is 1. The number of rotatable bonds is 7. The highest BCUT2D eigenvalue weighted by molar-refractivity contribution is 6.33. The molecule has 1 aromatic rings. The number of carbonyl (C=O) groups is 1. The molecule has 1 amide bonds. The Morgan fingerprint density at radius 2 is 2.33 bits per heavy atom. The molecule has 1 N–H and O–H groups in total. The zero-order valence-electron chi connectivity index (χ0n) is 10.8. The van der Waals surface area contributed by atoms with Gasteiger partial charge in [0.2, 0.25) is 0 Å². The van der Waals surface area contributed by atoms with Gasteiger partial charge in [0.05, 0.1) is 10.6 Å². The third kappa shape index (κ3) is 5.47. The largest absolute Gasteiger partial charge is 0.381 e. The fourth-order valence-corrected chi connectivity index (χ4v) is 1.55. The number of nitrogens with zero attached hydrogens (tertiary/aromatic N) is 1. The van der Waals surface area contributed by atoms with Gasteiger partial charge in [-0.25, -0.2) is 0 Å². The molecule has 0 saturated carbocycles. The van der Waals surface area contributed by atoms with E-state index in [9.17, 15) is 4.79 Å². The molecular formula is C13H19ClN2O2. The van der Waals surface area contributed by atoms with E-state index in [1.165, 1.54) is 6.20 Å². The summed E-state index contributed by atoms with van der Waals surface area (Å²) in [5.41, 5.74) is 0.453. The fourth-order valence-electron chi connectivity index (χ4n) is 1.35. The first-order chi connectivity index (χ1) is 8.61. The van der Waals surface area contributed by atoms with Crippen LogP contribution in [-0.2, 0) is 4.74 Å². The molecule has 0 atom stereocenters. The monoisotopic (exact) mass is 270 g/mol. The highest BCUT2D eigenvalue weighted by Crippen LogP contribution is 2.12. The lowest BCUT2D eigenvalue weighted by Gasteiger charge is -2.08. The highest BCUT2D eigenvalue weighted by Gasteiger charge is 2.08. The van der Waals surface area contributed by atoms with Gasteiger partial charge in [0, 0.05) is 32.2 Å². The lowest BCUT2D eigenvalue weighted by atomic mass is 10.2. The number of halogens is 1. The average molecular weight is 271 g/mol. The lowest BCUT2D eigenvalue weighted by molar-refractivity contribution is 0.0925. The minimum Gasteiger partial charge on any atom is -0.381 e. The van der Waals surface area contributed by atoms with Gasteiger partial charge >= 0.3 is 0 Å². The maximum absolute atomic E-state index is 11.7. The molecule has 0 aliphatic heterocycles. The molecule has 0 aliphatic rings. The van der Waals surface area contributed by atoms with Crippen LogP contribution >= 0.6 is 11.6 Å². The van der Waals surface area contributed by atoms with Gasteiger partial charge in [0.25, 0.3) is 5.91 Å². The quantitative estimate of drug-likeness (QED) is 0.775. The van der Waals surface area contributed by atoms with Gasteiger partial charge in [-0.05, 0) is 18.4 Å².